The zero-order valence-corrected chi connectivity index (χ0v) is 14.3. The molecule has 3 rings (SSSR count). The molecule has 0 saturated heterocycles. The molecule has 0 heterocycles. The van der Waals surface area contributed by atoms with Crippen molar-refractivity contribution in [2.75, 3.05) is 7.11 Å². The summed E-state index contributed by atoms with van der Waals surface area (Å²) in [6.45, 7) is 0. The second-order valence-corrected chi connectivity index (χ2v) is 5.58. The molecule has 0 aliphatic carbocycles. The summed E-state index contributed by atoms with van der Waals surface area (Å²) in [5.41, 5.74) is 1.69. The smallest absolute Gasteiger partial charge is 0.336 e. The van der Waals surface area contributed by atoms with E-state index in [1.807, 2.05) is 48.5 Å². The average Bonchev–Trinajstić information content (AvgIpc) is 2.68. The number of aliphatic carboxylic acids is 1. The fraction of sp³-hybridized carbons (Fsp3) is 0.0455. The molecule has 4 heteroatoms. The quantitative estimate of drug-likeness (QED) is 0.497. The van der Waals surface area contributed by atoms with Gasteiger partial charge in [-0.05, 0) is 41.5 Å². The second kappa shape index (κ2) is 8.03. The minimum absolute atomic E-state index is 0.243. The monoisotopic (exact) mass is 346 g/mol. The molecule has 0 bridgehead atoms. The Morgan fingerprint density at radius 3 is 2.19 bits per heavy atom. The molecule has 0 saturated carbocycles. The van der Waals surface area contributed by atoms with Gasteiger partial charge in [-0.1, -0.05) is 48.5 Å². The fourth-order valence-corrected chi connectivity index (χ4v) is 2.49. The van der Waals surface area contributed by atoms with Crippen LogP contribution >= 0.6 is 0 Å². The van der Waals surface area contributed by atoms with Crippen molar-refractivity contribution >= 4 is 17.6 Å². The van der Waals surface area contributed by atoms with Crippen LogP contribution in [-0.4, -0.2) is 18.2 Å². The van der Waals surface area contributed by atoms with Gasteiger partial charge in [0, 0.05) is 6.07 Å². The van der Waals surface area contributed by atoms with Crippen LogP contribution in [0.3, 0.4) is 0 Å². The Morgan fingerprint density at radius 2 is 1.54 bits per heavy atom. The van der Waals surface area contributed by atoms with Gasteiger partial charge >= 0.3 is 5.97 Å². The van der Waals surface area contributed by atoms with Crippen LogP contribution in [0, 0.1) is 0 Å². The Kier molecular flexibility index (Phi) is 5.34. The third kappa shape index (κ3) is 4.30. The summed E-state index contributed by atoms with van der Waals surface area (Å²) in [6.07, 6.45) is 1.65. The Morgan fingerprint density at radius 1 is 0.846 bits per heavy atom. The molecule has 0 fully saturated rings. The van der Waals surface area contributed by atoms with Gasteiger partial charge in [-0.2, -0.15) is 0 Å². The molecule has 0 aromatic heterocycles. The molecule has 1 N–H and O–H groups in total. The van der Waals surface area contributed by atoms with Gasteiger partial charge in [0.15, 0.2) is 0 Å². The topological polar surface area (TPSA) is 55.8 Å². The summed E-state index contributed by atoms with van der Waals surface area (Å²) in [7, 11) is 1.60. The van der Waals surface area contributed by atoms with Crippen LogP contribution in [0.4, 0.5) is 0 Å². The van der Waals surface area contributed by atoms with Crippen molar-refractivity contribution in [1.82, 2.24) is 0 Å². The van der Waals surface area contributed by atoms with Gasteiger partial charge in [0.25, 0.3) is 0 Å². The van der Waals surface area contributed by atoms with Crippen molar-refractivity contribution in [2.24, 2.45) is 0 Å². The number of hydrogen-bond acceptors (Lipinski definition) is 3. The summed E-state index contributed by atoms with van der Waals surface area (Å²) in [5, 5.41) is 9.48. The van der Waals surface area contributed by atoms with Gasteiger partial charge in [-0.15, -0.1) is 0 Å². The first-order chi connectivity index (χ1) is 12.7. The predicted molar refractivity (Wildman–Crippen MR) is 101 cm³/mol. The Hall–Kier alpha value is -3.53. The molecule has 3 aromatic carbocycles. The fourth-order valence-electron chi connectivity index (χ4n) is 2.49. The first kappa shape index (κ1) is 17.3. The van der Waals surface area contributed by atoms with Crippen LogP contribution in [0.1, 0.15) is 11.1 Å². The van der Waals surface area contributed by atoms with Crippen LogP contribution in [0.5, 0.6) is 17.2 Å². The highest BCUT2D eigenvalue weighted by atomic mass is 16.5. The lowest BCUT2D eigenvalue weighted by molar-refractivity contribution is -0.130. The zero-order valence-electron chi connectivity index (χ0n) is 14.3. The lowest BCUT2D eigenvalue weighted by Crippen LogP contribution is -1.99. The van der Waals surface area contributed by atoms with Gasteiger partial charge < -0.3 is 14.6 Å². The van der Waals surface area contributed by atoms with Gasteiger partial charge in [0.1, 0.15) is 17.2 Å². The van der Waals surface area contributed by atoms with Crippen molar-refractivity contribution in [2.45, 2.75) is 0 Å². The molecular weight excluding hydrogens is 328 g/mol. The standard InChI is InChI=1S/C22H18O4/c1-25-19-8-5-9-20(15-19)26-18-12-10-16(11-13-18)14-21(22(23)24)17-6-3-2-4-7-17/h2-15H,1H3,(H,23,24)/b21-14+. The highest BCUT2D eigenvalue weighted by Crippen LogP contribution is 2.26. The molecule has 0 radical (unpaired) electrons. The predicted octanol–water partition coefficient (Wildman–Crippen LogP) is 5.11. The maximum absolute atomic E-state index is 11.6. The first-order valence-corrected chi connectivity index (χ1v) is 8.08. The largest absolute Gasteiger partial charge is 0.497 e. The highest BCUT2D eigenvalue weighted by Gasteiger charge is 2.10. The van der Waals surface area contributed by atoms with Crippen LogP contribution < -0.4 is 9.47 Å². The van der Waals surface area contributed by atoms with Crippen LogP contribution in [0.15, 0.2) is 78.9 Å². The Balaban J connectivity index is 1.81. The van der Waals surface area contributed by atoms with E-state index < -0.39 is 5.97 Å². The molecule has 0 unspecified atom stereocenters. The number of carbonyl (C=O) groups is 1. The van der Waals surface area contributed by atoms with Gasteiger partial charge in [-0.25, -0.2) is 4.79 Å². The number of carboxylic acids is 1. The Labute approximate surface area is 151 Å². The van der Waals surface area contributed by atoms with Crippen molar-refractivity contribution < 1.29 is 19.4 Å². The van der Waals surface area contributed by atoms with E-state index in [2.05, 4.69) is 0 Å². The SMILES string of the molecule is COc1cccc(Oc2ccc(/C=C(/C(=O)O)c3ccccc3)cc2)c1. The molecule has 130 valence electrons. The average molecular weight is 346 g/mol. The molecule has 0 amide bonds. The summed E-state index contributed by atoms with van der Waals surface area (Å²) in [5.74, 6) is 1.08. The lowest BCUT2D eigenvalue weighted by atomic mass is 10.0. The van der Waals surface area contributed by atoms with Crippen LogP contribution in [0.25, 0.3) is 11.6 Å². The van der Waals surface area contributed by atoms with E-state index in [0.717, 1.165) is 11.3 Å². The van der Waals surface area contributed by atoms with Crippen LogP contribution in [-0.2, 0) is 4.79 Å². The molecule has 0 aliphatic heterocycles. The normalized spacial score (nSPS) is 11.0. The van der Waals surface area contributed by atoms with E-state index in [1.165, 1.54) is 0 Å². The minimum atomic E-state index is -0.965. The van der Waals surface area contributed by atoms with Gasteiger partial charge in [0.05, 0.1) is 12.7 Å². The molecule has 0 spiro atoms. The van der Waals surface area contributed by atoms with E-state index in [9.17, 15) is 9.90 Å². The maximum Gasteiger partial charge on any atom is 0.336 e. The van der Waals surface area contributed by atoms with E-state index >= 15 is 0 Å². The zero-order chi connectivity index (χ0) is 18.4. The minimum Gasteiger partial charge on any atom is -0.497 e. The maximum atomic E-state index is 11.6. The molecule has 0 atom stereocenters. The van der Waals surface area contributed by atoms with Crippen molar-refractivity contribution in [3.05, 3.63) is 90.0 Å². The van der Waals surface area contributed by atoms with E-state index in [4.69, 9.17) is 9.47 Å². The van der Waals surface area contributed by atoms with Crippen molar-refractivity contribution in [3.63, 3.8) is 0 Å². The molecule has 4 nitrogen and oxygen atoms in total. The number of benzene rings is 3. The second-order valence-electron chi connectivity index (χ2n) is 5.58. The van der Waals surface area contributed by atoms with E-state index in [-0.39, 0.29) is 5.57 Å². The summed E-state index contributed by atoms with van der Waals surface area (Å²) in [4.78, 5) is 11.6. The molecule has 0 aliphatic rings. The van der Waals surface area contributed by atoms with E-state index in [1.54, 1.807) is 43.5 Å². The number of methoxy groups -OCH3 is 1. The first-order valence-electron chi connectivity index (χ1n) is 8.08. The van der Waals surface area contributed by atoms with Crippen molar-refractivity contribution in [1.29, 1.82) is 0 Å². The van der Waals surface area contributed by atoms with Gasteiger partial charge in [-0.3, -0.25) is 0 Å². The van der Waals surface area contributed by atoms with Gasteiger partial charge in [0.2, 0.25) is 0 Å². The third-order valence-corrected chi connectivity index (χ3v) is 3.78. The van der Waals surface area contributed by atoms with Crippen LogP contribution in [0.2, 0.25) is 0 Å². The molecule has 26 heavy (non-hydrogen) atoms. The molecular formula is C22H18O4. The third-order valence-electron chi connectivity index (χ3n) is 3.78. The highest BCUT2D eigenvalue weighted by molar-refractivity contribution is 6.20. The number of hydrogen-bond donors (Lipinski definition) is 1. The molecule has 3 aromatic rings. The summed E-state index contributed by atoms with van der Waals surface area (Å²) in [6, 6.07) is 23.6. The summed E-state index contributed by atoms with van der Waals surface area (Å²) < 4.78 is 11.0. The Bertz CT molecular complexity index is 912. The number of ether oxygens (including phenoxy) is 2. The van der Waals surface area contributed by atoms with E-state index in [0.29, 0.717) is 17.1 Å². The lowest BCUT2D eigenvalue weighted by Gasteiger charge is -2.08. The van der Waals surface area contributed by atoms with Crippen molar-refractivity contribution in [3.8, 4) is 17.2 Å². The summed E-state index contributed by atoms with van der Waals surface area (Å²) >= 11 is 0. The number of rotatable bonds is 6. The number of carboxylic acid groups (broad SMARTS) is 1.